The lowest BCUT2D eigenvalue weighted by Crippen LogP contribution is -1.93. The highest BCUT2D eigenvalue weighted by Crippen LogP contribution is 2.31. The number of ether oxygens (including phenoxy) is 1. The quantitative estimate of drug-likeness (QED) is 0.759. The third-order valence-corrected chi connectivity index (χ3v) is 3.82. The van der Waals surface area contributed by atoms with Gasteiger partial charge in [0.1, 0.15) is 0 Å². The van der Waals surface area contributed by atoms with Gasteiger partial charge in [-0.2, -0.15) is 0 Å². The van der Waals surface area contributed by atoms with E-state index in [2.05, 4.69) is 42.2 Å². The van der Waals surface area contributed by atoms with E-state index in [1.807, 2.05) is 12.3 Å². The monoisotopic (exact) mass is 259 g/mol. The van der Waals surface area contributed by atoms with Crippen LogP contribution in [-0.4, -0.2) is 12.1 Å². The van der Waals surface area contributed by atoms with Gasteiger partial charge in [-0.25, -0.2) is 0 Å². The lowest BCUT2D eigenvalue weighted by Gasteiger charge is -2.09. The van der Waals surface area contributed by atoms with Crippen molar-refractivity contribution in [1.29, 1.82) is 0 Å². The van der Waals surface area contributed by atoms with Crippen molar-refractivity contribution in [3.8, 4) is 5.75 Å². The molecule has 0 aliphatic carbocycles. The Kier molecular flexibility index (Phi) is 4.65. The van der Waals surface area contributed by atoms with Crippen LogP contribution in [0, 0.1) is 0 Å². The molecule has 0 aliphatic heterocycles. The number of hydrogen-bond donors (Lipinski definition) is 0. The highest BCUT2D eigenvalue weighted by atomic mass is 32.2. The Morgan fingerprint density at radius 2 is 2.00 bits per heavy atom. The Balaban J connectivity index is 2.12. The van der Waals surface area contributed by atoms with Crippen molar-refractivity contribution in [1.82, 2.24) is 4.98 Å². The highest BCUT2D eigenvalue weighted by molar-refractivity contribution is 7.98. The first-order valence-electron chi connectivity index (χ1n) is 6.03. The average Bonchev–Trinajstić information content (AvgIpc) is 2.45. The molecule has 0 radical (unpaired) electrons. The number of pyridine rings is 1. The molecule has 3 heteroatoms. The number of aromatic nitrogens is 1. The van der Waals surface area contributed by atoms with Crippen LogP contribution < -0.4 is 4.74 Å². The van der Waals surface area contributed by atoms with Crippen LogP contribution in [0.4, 0.5) is 0 Å². The molecule has 0 atom stereocenters. The van der Waals surface area contributed by atoms with Crippen LogP contribution in [0.2, 0.25) is 0 Å². The summed E-state index contributed by atoms with van der Waals surface area (Å²) in [7, 11) is 1.69. The molecule has 0 bridgehead atoms. The van der Waals surface area contributed by atoms with Gasteiger partial charge in [-0.15, -0.1) is 11.8 Å². The van der Waals surface area contributed by atoms with Crippen LogP contribution in [-0.2, 0) is 12.2 Å². The first-order valence-corrected chi connectivity index (χ1v) is 7.01. The third-order valence-electron chi connectivity index (χ3n) is 2.71. The van der Waals surface area contributed by atoms with E-state index in [4.69, 9.17) is 4.74 Å². The molecular formula is C15H17NOS. The summed E-state index contributed by atoms with van der Waals surface area (Å²) >= 11 is 1.79. The lowest BCUT2D eigenvalue weighted by molar-refractivity contribution is 0.402. The topological polar surface area (TPSA) is 22.1 Å². The van der Waals surface area contributed by atoms with Crippen molar-refractivity contribution in [2.75, 3.05) is 7.11 Å². The van der Waals surface area contributed by atoms with Gasteiger partial charge in [-0.3, -0.25) is 4.98 Å². The Morgan fingerprint density at radius 1 is 1.22 bits per heavy atom. The van der Waals surface area contributed by atoms with E-state index >= 15 is 0 Å². The smallest absolute Gasteiger partial charge is 0.150 e. The van der Waals surface area contributed by atoms with E-state index in [9.17, 15) is 0 Å². The van der Waals surface area contributed by atoms with E-state index in [1.54, 1.807) is 18.9 Å². The Labute approximate surface area is 112 Å². The van der Waals surface area contributed by atoms with E-state index in [1.165, 1.54) is 5.56 Å². The summed E-state index contributed by atoms with van der Waals surface area (Å²) in [4.78, 5) is 5.51. The summed E-state index contributed by atoms with van der Waals surface area (Å²) in [5, 5.41) is 0. The van der Waals surface area contributed by atoms with Crippen molar-refractivity contribution in [2.45, 2.75) is 24.0 Å². The molecule has 2 rings (SSSR count). The second-order valence-electron chi connectivity index (χ2n) is 3.95. The summed E-state index contributed by atoms with van der Waals surface area (Å²) in [6.07, 6.45) is 2.76. The normalized spacial score (nSPS) is 10.3. The summed E-state index contributed by atoms with van der Waals surface area (Å²) in [6.45, 7) is 2.11. The van der Waals surface area contributed by atoms with Crippen molar-refractivity contribution >= 4 is 11.8 Å². The number of rotatable bonds is 5. The number of methoxy groups -OCH3 is 1. The van der Waals surface area contributed by atoms with Crippen molar-refractivity contribution < 1.29 is 4.74 Å². The zero-order chi connectivity index (χ0) is 12.8. The maximum atomic E-state index is 5.35. The minimum absolute atomic E-state index is 0.855. The molecule has 0 unspecified atom stereocenters. The molecule has 0 fully saturated rings. The average molecular weight is 259 g/mol. The van der Waals surface area contributed by atoms with Crippen molar-refractivity contribution in [2.24, 2.45) is 0 Å². The van der Waals surface area contributed by atoms with Gasteiger partial charge in [0.05, 0.1) is 18.2 Å². The van der Waals surface area contributed by atoms with Gasteiger partial charge in [-0.05, 0) is 18.1 Å². The number of thioether (sulfide) groups is 1. The fraction of sp³-hybridized carbons (Fsp3) is 0.267. The van der Waals surface area contributed by atoms with Crippen molar-refractivity contribution in [3.63, 3.8) is 0 Å². The van der Waals surface area contributed by atoms with Gasteiger partial charge in [0.15, 0.2) is 5.75 Å². The summed E-state index contributed by atoms with van der Waals surface area (Å²) < 4.78 is 5.35. The van der Waals surface area contributed by atoms with Gasteiger partial charge in [0.2, 0.25) is 0 Å². The molecule has 0 aliphatic rings. The SMILES string of the molecule is CCc1cc(SCc2ccccc2)c(OC)cn1. The van der Waals surface area contributed by atoms with E-state index < -0.39 is 0 Å². The molecular weight excluding hydrogens is 242 g/mol. The van der Waals surface area contributed by atoms with Crippen LogP contribution in [0.25, 0.3) is 0 Å². The summed E-state index contributed by atoms with van der Waals surface area (Å²) in [6, 6.07) is 12.6. The molecule has 18 heavy (non-hydrogen) atoms. The fourth-order valence-corrected chi connectivity index (χ4v) is 2.67. The van der Waals surface area contributed by atoms with Crippen LogP contribution in [0.15, 0.2) is 47.5 Å². The first-order chi connectivity index (χ1) is 8.83. The van der Waals surface area contributed by atoms with Gasteiger partial charge < -0.3 is 4.74 Å². The largest absolute Gasteiger partial charge is 0.494 e. The van der Waals surface area contributed by atoms with Crippen LogP contribution >= 0.6 is 11.8 Å². The van der Waals surface area contributed by atoms with Crippen LogP contribution in [0.1, 0.15) is 18.2 Å². The standard InChI is InChI=1S/C15H17NOS/c1-3-13-9-15(14(17-2)10-16-13)18-11-12-7-5-4-6-8-12/h4-10H,3,11H2,1-2H3. The highest BCUT2D eigenvalue weighted by Gasteiger charge is 2.06. The summed E-state index contributed by atoms with van der Waals surface area (Å²) in [5.41, 5.74) is 2.42. The number of benzene rings is 1. The number of hydrogen-bond acceptors (Lipinski definition) is 3. The zero-order valence-corrected chi connectivity index (χ0v) is 11.5. The van der Waals surface area contributed by atoms with Gasteiger partial charge in [-0.1, -0.05) is 37.3 Å². The van der Waals surface area contributed by atoms with Crippen LogP contribution in [0.5, 0.6) is 5.75 Å². The predicted octanol–water partition coefficient (Wildman–Crippen LogP) is 3.94. The third kappa shape index (κ3) is 3.26. The predicted molar refractivity (Wildman–Crippen MR) is 76.2 cm³/mol. The second-order valence-corrected chi connectivity index (χ2v) is 4.97. The minimum atomic E-state index is 0.855. The Hall–Kier alpha value is -1.48. The molecule has 0 N–H and O–H groups in total. The molecule has 1 heterocycles. The van der Waals surface area contributed by atoms with Gasteiger partial charge in [0, 0.05) is 11.4 Å². The summed E-state index contributed by atoms with van der Waals surface area (Å²) in [5.74, 6) is 1.80. The second kappa shape index (κ2) is 6.45. The van der Waals surface area contributed by atoms with Crippen LogP contribution in [0.3, 0.4) is 0 Å². The Bertz CT molecular complexity index is 499. The zero-order valence-electron chi connectivity index (χ0n) is 10.7. The molecule has 94 valence electrons. The molecule has 0 spiro atoms. The molecule has 2 aromatic rings. The number of aryl methyl sites for hydroxylation is 1. The molecule has 2 nitrogen and oxygen atoms in total. The van der Waals surface area contributed by atoms with Crippen molar-refractivity contribution in [3.05, 3.63) is 53.9 Å². The first kappa shape index (κ1) is 13.0. The Morgan fingerprint density at radius 3 is 2.67 bits per heavy atom. The van der Waals surface area contributed by atoms with Gasteiger partial charge >= 0.3 is 0 Å². The van der Waals surface area contributed by atoms with E-state index in [0.717, 1.165) is 28.5 Å². The maximum Gasteiger partial charge on any atom is 0.150 e. The molecule has 0 saturated heterocycles. The fourth-order valence-electron chi connectivity index (χ4n) is 1.66. The molecule has 1 aromatic carbocycles. The molecule has 1 aromatic heterocycles. The van der Waals surface area contributed by atoms with E-state index in [0.29, 0.717) is 0 Å². The lowest BCUT2D eigenvalue weighted by atomic mass is 10.2. The minimum Gasteiger partial charge on any atom is -0.494 e. The maximum absolute atomic E-state index is 5.35. The van der Waals surface area contributed by atoms with E-state index in [-0.39, 0.29) is 0 Å². The number of nitrogens with zero attached hydrogens (tertiary/aromatic N) is 1. The molecule has 0 saturated carbocycles. The molecule has 0 amide bonds. The van der Waals surface area contributed by atoms with Gasteiger partial charge in [0.25, 0.3) is 0 Å².